The van der Waals surface area contributed by atoms with Gasteiger partial charge in [-0.3, -0.25) is 10.3 Å². The van der Waals surface area contributed by atoms with E-state index >= 15 is 0 Å². The molecule has 0 saturated carbocycles. The molecule has 0 amide bonds. The SMILES string of the molecule is CCCCCCC(C)NC/N=C\C/C=C\N.CCCn1c(C2CCNCC2)nc(-c2ccc(Cl)c(Cl)c2)c1C. The number of piperidine rings is 1. The van der Waals surface area contributed by atoms with Crippen LogP contribution in [0.3, 0.4) is 0 Å². The fourth-order valence-corrected chi connectivity index (χ4v) is 5.13. The first-order valence-electron chi connectivity index (χ1n) is 14.7. The van der Waals surface area contributed by atoms with Gasteiger partial charge in [-0.25, -0.2) is 4.98 Å². The lowest BCUT2D eigenvalue weighted by atomic mass is 9.97. The van der Waals surface area contributed by atoms with E-state index in [-0.39, 0.29) is 0 Å². The third-order valence-electron chi connectivity index (χ3n) is 7.12. The highest BCUT2D eigenvalue weighted by molar-refractivity contribution is 6.42. The quantitative estimate of drug-likeness (QED) is 0.158. The highest BCUT2D eigenvalue weighted by Crippen LogP contribution is 2.33. The standard InChI is InChI=1S/C18H23Cl2N3.C13H27N3/c1-3-10-23-12(2)17(14-4-5-15(19)16(20)11-14)22-18(23)13-6-8-21-9-7-13;1-3-4-5-6-9-13(2)16-12-15-11-8-7-10-14/h4-5,11,13,21H,3,6-10H2,1-2H3;7,10-11,13,16H,3-6,8-9,12,14H2,1-2H3/b;10-7-,15-11-. The maximum Gasteiger partial charge on any atom is 0.112 e. The van der Waals surface area contributed by atoms with Crippen LogP contribution in [0.5, 0.6) is 0 Å². The van der Waals surface area contributed by atoms with Crippen LogP contribution in [0.15, 0.2) is 35.5 Å². The van der Waals surface area contributed by atoms with Crippen molar-refractivity contribution in [3.05, 3.63) is 52.0 Å². The van der Waals surface area contributed by atoms with Gasteiger partial charge in [0.15, 0.2) is 0 Å². The zero-order valence-electron chi connectivity index (χ0n) is 24.5. The zero-order chi connectivity index (χ0) is 28.5. The van der Waals surface area contributed by atoms with Crippen molar-refractivity contribution >= 4 is 29.4 Å². The molecule has 218 valence electrons. The molecule has 2 heterocycles. The van der Waals surface area contributed by atoms with Gasteiger partial charge in [-0.15, -0.1) is 0 Å². The lowest BCUT2D eigenvalue weighted by Crippen LogP contribution is -2.28. The molecule has 0 bridgehead atoms. The molecule has 0 radical (unpaired) electrons. The van der Waals surface area contributed by atoms with Crippen molar-refractivity contribution in [3.8, 4) is 11.3 Å². The highest BCUT2D eigenvalue weighted by atomic mass is 35.5. The molecule has 1 aromatic heterocycles. The van der Waals surface area contributed by atoms with E-state index in [2.05, 4.69) is 47.9 Å². The van der Waals surface area contributed by atoms with Crippen molar-refractivity contribution in [1.29, 1.82) is 0 Å². The number of imidazole rings is 1. The summed E-state index contributed by atoms with van der Waals surface area (Å²) >= 11 is 12.2. The highest BCUT2D eigenvalue weighted by Gasteiger charge is 2.24. The monoisotopic (exact) mass is 576 g/mol. The van der Waals surface area contributed by atoms with Gasteiger partial charge in [0.1, 0.15) is 5.82 Å². The number of aromatic nitrogens is 2. The molecule has 0 aliphatic carbocycles. The lowest BCUT2D eigenvalue weighted by molar-refractivity contribution is 0.428. The van der Waals surface area contributed by atoms with Crippen molar-refractivity contribution in [2.75, 3.05) is 19.8 Å². The van der Waals surface area contributed by atoms with E-state index in [1.54, 1.807) is 6.20 Å². The molecule has 6 nitrogen and oxygen atoms in total. The number of nitrogens with two attached hydrogens (primary N) is 1. The third-order valence-corrected chi connectivity index (χ3v) is 7.86. The molecule has 1 saturated heterocycles. The number of benzene rings is 1. The molecular weight excluding hydrogens is 527 g/mol. The van der Waals surface area contributed by atoms with Gasteiger partial charge < -0.3 is 15.6 Å². The van der Waals surface area contributed by atoms with Crippen LogP contribution in [0.25, 0.3) is 11.3 Å². The van der Waals surface area contributed by atoms with E-state index in [9.17, 15) is 0 Å². The minimum absolute atomic E-state index is 0.540. The molecular formula is C31H50Cl2N6. The number of unbranched alkanes of at least 4 members (excludes halogenated alkanes) is 3. The van der Waals surface area contributed by atoms with E-state index < -0.39 is 0 Å². The summed E-state index contributed by atoms with van der Waals surface area (Å²) in [7, 11) is 0. The fraction of sp³-hybridized carbons (Fsp3) is 0.613. The van der Waals surface area contributed by atoms with Gasteiger partial charge in [-0.1, -0.05) is 74.9 Å². The number of nitrogens with zero attached hydrogens (tertiary/aromatic N) is 3. The van der Waals surface area contributed by atoms with E-state index in [4.69, 9.17) is 33.9 Å². The van der Waals surface area contributed by atoms with E-state index in [1.165, 1.54) is 43.6 Å². The average Bonchev–Trinajstić information content (AvgIpc) is 3.27. The van der Waals surface area contributed by atoms with Crippen LogP contribution < -0.4 is 16.4 Å². The molecule has 4 N–H and O–H groups in total. The molecule has 1 aliphatic rings. The Morgan fingerprint density at radius 2 is 1.92 bits per heavy atom. The summed E-state index contributed by atoms with van der Waals surface area (Å²) in [5, 5.41) is 7.98. The summed E-state index contributed by atoms with van der Waals surface area (Å²) in [5.41, 5.74) is 8.51. The van der Waals surface area contributed by atoms with Gasteiger partial charge in [0.25, 0.3) is 0 Å². The maximum absolute atomic E-state index is 6.20. The Bertz CT molecular complexity index is 1010. The molecule has 2 aromatic rings. The van der Waals surface area contributed by atoms with Crippen LogP contribution in [0.2, 0.25) is 10.0 Å². The molecule has 1 fully saturated rings. The smallest absolute Gasteiger partial charge is 0.112 e. The Morgan fingerprint density at radius 3 is 2.59 bits per heavy atom. The Labute approximate surface area is 246 Å². The topological polar surface area (TPSA) is 80.3 Å². The van der Waals surface area contributed by atoms with Crippen molar-refractivity contribution in [2.24, 2.45) is 10.7 Å². The summed E-state index contributed by atoms with van der Waals surface area (Å²) in [6.45, 7) is 12.7. The predicted octanol–water partition coefficient (Wildman–Crippen LogP) is 7.87. The summed E-state index contributed by atoms with van der Waals surface area (Å²) in [4.78, 5) is 9.28. The van der Waals surface area contributed by atoms with Crippen molar-refractivity contribution in [3.63, 3.8) is 0 Å². The first kappa shape index (κ1) is 33.3. The van der Waals surface area contributed by atoms with Gasteiger partial charge in [0.05, 0.1) is 22.4 Å². The second-order valence-electron chi connectivity index (χ2n) is 10.4. The number of halogens is 2. The van der Waals surface area contributed by atoms with Gasteiger partial charge in [0.2, 0.25) is 0 Å². The van der Waals surface area contributed by atoms with E-state index in [0.29, 0.717) is 28.7 Å². The molecule has 1 atom stereocenters. The summed E-state index contributed by atoms with van der Waals surface area (Å²) in [6.07, 6.45) is 16.2. The van der Waals surface area contributed by atoms with Crippen molar-refractivity contribution in [1.82, 2.24) is 20.2 Å². The van der Waals surface area contributed by atoms with Crippen molar-refractivity contribution in [2.45, 2.75) is 104 Å². The number of hydrogen-bond acceptors (Lipinski definition) is 5. The maximum atomic E-state index is 6.20. The predicted molar refractivity (Wildman–Crippen MR) is 170 cm³/mol. The molecule has 1 aliphatic heterocycles. The van der Waals surface area contributed by atoms with Crippen LogP contribution in [-0.4, -0.2) is 41.6 Å². The molecule has 39 heavy (non-hydrogen) atoms. The van der Waals surface area contributed by atoms with Gasteiger partial charge in [0, 0.05) is 42.4 Å². The number of nitrogens with one attached hydrogen (secondary N) is 2. The fourth-order valence-electron chi connectivity index (χ4n) is 4.84. The summed E-state index contributed by atoms with van der Waals surface area (Å²) in [5.74, 6) is 1.77. The Hall–Kier alpha value is -1.86. The number of rotatable bonds is 14. The van der Waals surface area contributed by atoms with Crippen LogP contribution in [0.4, 0.5) is 0 Å². The van der Waals surface area contributed by atoms with Gasteiger partial charge in [-0.2, -0.15) is 0 Å². The van der Waals surface area contributed by atoms with E-state index in [1.807, 2.05) is 30.5 Å². The van der Waals surface area contributed by atoms with Crippen LogP contribution in [-0.2, 0) is 6.54 Å². The van der Waals surface area contributed by atoms with Gasteiger partial charge in [-0.05, 0) is 71.0 Å². The first-order chi connectivity index (χ1) is 18.9. The minimum atomic E-state index is 0.540. The second-order valence-corrected chi connectivity index (χ2v) is 11.2. The Balaban J connectivity index is 0.000000295. The molecule has 1 unspecified atom stereocenters. The lowest BCUT2D eigenvalue weighted by Gasteiger charge is -2.23. The normalized spacial score (nSPS) is 15.1. The van der Waals surface area contributed by atoms with Crippen molar-refractivity contribution < 1.29 is 0 Å². The largest absolute Gasteiger partial charge is 0.405 e. The minimum Gasteiger partial charge on any atom is -0.405 e. The average molecular weight is 578 g/mol. The van der Waals surface area contributed by atoms with Crippen LogP contribution in [0.1, 0.15) is 96.0 Å². The van der Waals surface area contributed by atoms with Crippen LogP contribution >= 0.6 is 23.2 Å². The molecule has 1 aromatic carbocycles. The van der Waals surface area contributed by atoms with E-state index in [0.717, 1.165) is 56.6 Å². The molecule has 0 spiro atoms. The summed E-state index contributed by atoms with van der Waals surface area (Å²) < 4.78 is 2.40. The summed E-state index contributed by atoms with van der Waals surface area (Å²) in [6, 6.07) is 6.34. The third kappa shape index (κ3) is 11.6. The first-order valence-corrected chi connectivity index (χ1v) is 15.5. The van der Waals surface area contributed by atoms with Crippen LogP contribution in [0, 0.1) is 6.92 Å². The number of hydrogen-bond donors (Lipinski definition) is 3. The second kappa shape index (κ2) is 19.3. The Morgan fingerprint density at radius 1 is 1.15 bits per heavy atom. The molecule has 3 rings (SSSR count). The number of aliphatic imine (C=N–C) groups is 1. The number of allylic oxidation sites excluding steroid dienone is 1. The Kier molecular flexibility index (Phi) is 16.5. The zero-order valence-corrected chi connectivity index (χ0v) is 26.0. The van der Waals surface area contributed by atoms with Gasteiger partial charge >= 0.3 is 0 Å². The molecule has 8 heteroatoms.